The van der Waals surface area contributed by atoms with E-state index in [-0.39, 0.29) is 12.4 Å². The number of aryl methyl sites for hydroxylation is 2. The van der Waals surface area contributed by atoms with Gasteiger partial charge in [0.15, 0.2) is 5.78 Å². The number of hydrogen-bond donors (Lipinski definition) is 1. The number of Topliss-reactive ketones (excluding diaryl/α,β-unsaturated/α-hetero) is 1. The quantitative estimate of drug-likeness (QED) is 0.587. The van der Waals surface area contributed by atoms with Crippen LogP contribution in [0.4, 0.5) is 0 Å². The van der Waals surface area contributed by atoms with Crippen LogP contribution in [0.2, 0.25) is 0 Å². The minimum atomic E-state index is 0.0182. The van der Waals surface area contributed by atoms with Crippen molar-refractivity contribution in [1.82, 2.24) is 0 Å². The monoisotopic (exact) mass is 207 g/mol. The average molecular weight is 207 g/mol. The predicted octanol–water partition coefficient (Wildman–Crippen LogP) is 1.46. The molecule has 0 atom stereocenters. The van der Waals surface area contributed by atoms with Gasteiger partial charge in [0.1, 0.15) is 6.61 Å². The summed E-state index contributed by atoms with van der Waals surface area (Å²) < 4.78 is 5.12. The summed E-state index contributed by atoms with van der Waals surface area (Å²) in [5.74, 6) is 0.0182. The smallest absolute Gasteiger partial charge is 0.188 e. The van der Waals surface area contributed by atoms with Gasteiger partial charge in [-0.3, -0.25) is 4.79 Å². The van der Waals surface area contributed by atoms with Gasteiger partial charge in [0.25, 0.3) is 0 Å². The van der Waals surface area contributed by atoms with Gasteiger partial charge in [0.2, 0.25) is 0 Å². The fourth-order valence-electron chi connectivity index (χ4n) is 1.36. The minimum absolute atomic E-state index is 0.0182. The summed E-state index contributed by atoms with van der Waals surface area (Å²) in [7, 11) is 0. The molecule has 0 aliphatic carbocycles. The van der Waals surface area contributed by atoms with Crippen LogP contribution in [0.15, 0.2) is 18.2 Å². The van der Waals surface area contributed by atoms with Crippen LogP contribution in [-0.4, -0.2) is 25.5 Å². The second-order valence-corrected chi connectivity index (χ2v) is 3.58. The van der Waals surface area contributed by atoms with Crippen molar-refractivity contribution < 1.29 is 9.53 Å². The topological polar surface area (TPSA) is 52.3 Å². The molecule has 1 aromatic carbocycles. The van der Waals surface area contributed by atoms with E-state index >= 15 is 0 Å². The zero-order chi connectivity index (χ0) is 11.3. The van der Waals surface area contributed by atoms with E-state index in [9.17, 15) is 4.79 Å². The summed E-state index contributed by atoms with van der Waals surface area (Å²) in [6.07, 6.45) is 0. The first kappa shape index (κ1) is 11.9. The number of benzene rings is 1. The Kier molecular flexibility index (Phi) is 4.46. The van der Waals surface area contributed by atoms with Crippen molar-refractivity contribution in [3.63, 3.8) is 0 Å². The van der Waals surface area contributed by atoms with E-state index in [1.165, 1.54) is 0 Å². The van der Waals surface area contributed by atoms with Gasteiger partial charge in [0, 0.05) is 12.1 Å². The molecule has 1 aromatic rings. The number of hydrogen-bond acceptors (Lipinski definition) is 3. The van der Waals surface area contributed by atoms with E-state index in [0.717, 1.165) is 16.7 Å². The van der Waals surface area contributed by atoms with Gasteiger partial charge in [-0.1, -0.05) is 17.7 Å². The fraction of sp³-hybridized carbons (Fsp3) is 0.417. The molecule has 0 aliphatic heterocycles. The van der Waals surface area contributed by atoms with Crippen LogP contribution in [-0.2, 0) is 4.74 Å². The molecule has 15 heavy (non-hydrogen) atoms. The molecule has 1 rings (SSSR count). The number of ketones is 1. The third-order valence-electron chi connectivity index (χ3n) is 2.19. The minimum Gasteiger partial charge on any atom is -0.372 e. The maximum atomic E-state index is 11.7. The van der Waals surface area contributed by atoms with Crippen molar-refractivity contribution >= 4 is 5.78 Å². The molecule has 0 unspecified atom stereocenters. The van der Waals surface area contributed by atoms with Crippen molar-refractivity contribution in [1.29, 1.82) is 0 Å². The summed E-state index contributed by atoms with van der Waals surface area (Å²) in [6, 6.07) is 5.84. The lowest BCUT2D eigenvalue weighted by atomic mass is 10.0. The number of nitrogens with two attached hydrogens (primary N) is 1. The van der Waals surface area contributed by atoms with Crippen molar-refractivity contribution in [2.75, 3.05) is 19.8 Å². The van der Waals surface area contributed by atoms with E-state index in [0.29, 0.717) is 13.2 Å². The van der Waals surface area contributed by atoms with Gasteiger partial charge < -0.3 is 10.5 Å². The fourth-order valence-corrected chi connectivity index (χ4v) is 1.36. The molecule has 0 amide bonds. The molecular formula is C12H17NO2. The molecule has 3 heteroatoms. The summed E-state index contributed by atoms with van der Waals surface area (Å²) in [5, 5.41) is 0. The van der Waals surface area contributed by atoms with Crippen LogP contribution in [0.25, 0.3) is 0 Å². The second kappa shape index (κ2) is 5.63. The van der Waals surface area contributed by atoms with Crippen molar-refractivity contribution in [3.8, 4) is 0 Å². The molecular weight excluding hydrogens is 190 g/mol. The number of rotatable bonds is 5. The highest BCUT2D eigenvalue weighted by Gasteiger charge is 2.08. The molecule has 0 spiro atoms. The van der Waals surface area contributed by atoms with Crippen LogP contribution in [0, 0.1) is 13.8 Å². The highest BCUT2D eigenvalue weighted by Crippen LogP contribution is 2.11. The largest absolute Gasteiger partial charge is 0.372 e. The number of carbonyl (C=O) groups excluding carboxylic acids is 1. The van der Waals surface area contributed by atoms with E-state index in [4.69, 9.17) is 10.5 Å². The van der Waals surface area contributed by atoms with Crippen molar-refractivity contribution in [3.05, 3.63) is 34.9 Å². The zero-order valence-electron chi connectivity index (χ0n) is 9.25. The maximum Gasteiger partial charge on any atom is 0.188 e. The highest BCUT2D eigenvalue weighted by molar-refractivity contribution is 5.98. The van der Waals surface area contributed by atoms with Gasteiger partial charge in [0.05, 0.1) is 6.61 Å². The Labute approximate surface area is 90.2 Å². The molecule has 0 saturated carbocycles. The normalized spacial score (nSPS) is 10.3. The van der Waals surface area contributed by atoms with Gasteiger partial charge in [-0.25, -0.2) is 0 Å². The van der Waals surface area contributed by atoms with Crippen LogP contribution >= 0.6 is 0 Å². The van der Waals surface area contributed by atoms with Gasteiger partial charge >= 0.3 is 0 Å². The lowest BCUT2D eigenvalue weighted by Crippen LogP contribution is -2.15. The molecule has 0 bridgehead atoms. The molecule has 0 fully saturated rings. The maximum absolute atomic E-state index is 11.7. The summed E-state index contributed by atoms with van der Waals surface area (Å²) in [4.78, 5) is 11.7. The predicted molar refractivity (Wildman–Crippen MR) is 60.1 cm³/mol. The molecule has 0 saturated heterocycles. The molecule has 0 heterocycles. The van der Waals surface area contributed by atoms with E-state index in [2.05, 4.69) is 0 Å². The first-order valence-corrected chi connectivity index (χ1v) is 5.03. The Bertz CT molecular complexity index is 347. The SMILES string of the molecule is Cc1ccc(C)c(C(=O)COCCN)c1. The standard InChI is InChI=1S/C12H17NO2/c1-9-3-4-10(2)11(7-9)12(14)8-15-6-5-13/h3-4,7H,5-6,8,13H2,1-2H3. The number of carbonyl (C=O) groups is 1. The molecule has 2 N–H and O–H groups in total. The van der Waals surface area contributed by atoms with Crippen LogP contribution in [0.5, 0.6) is 0 Å². The molecule has 82 valence electrons. The van der Waals surface area contributed by atoms with E-state index < -0.39 is 0 Å². The first-order chi connectivity index (χ1) is 7.15. The van der Waals surface area contributed by atoms with Crippen LogP contribution < -0.4 is 5.73 Å². The Balaban J connectivity index is 2.68. The Morgan fingerprint density at radius 3 is 2.80 bits per heavy atom. The zero-order valence-corrected chi connectivity index (χ0v) is 9.25. The molecule has 0 aromatic heterocycles. The Hall–Kier alpha value is -1.19. The summed E-state index contributed by atoms with van der Waals surface area (Å²) in [5.41, 5.74) is 8.09. The Morgan fingerprint density at radius 1 is 1.40 bits per heavy atom. The van der Waals surface area contributed by atoms with Crippen LogP contribution in [0.3, 0.4) is 0 Å². The third-order valence-corrected chi connectivity index (χ3v) is 2.19. The van der Waals surface area contributed by atoms with E-state index in [1.54, 1.807) is 0 Å². The van der Waals surface area contributed by atoms with Crippen LogP contribution in [0.1, 0.15) is 21.5 Å². The lowest BCUT2D eigenvalue weighted by Gasteiger charge is -2.06. The Morgan fingerprint density at radius 2 is 2.13 bits per heavy atom. The first-order valence-electron chi connectivity index (χ1n) is 5.03. The van der Waals surface area contributed by atoms with E-state index in [1.807, 2.05) is 32.0 Å². The number of ether oxygens (including phenoxy) is 1. The van der Waals surface area contributed by atoms with Crippen molar-refractivity contribution in [2.45, 2.75) is 13.8 Å². The lowest BCUT2D eigenvalue weighted by molar-refractivity contribution is 0.0773. The van der Waals surface area contributed by atoms with Gasteiger partial charge in [-0.05, 0) is 25.5 Å². The molecule has 3 nitrogen and oxygen atoms in total. The third kappa shape index (κ3) is 3.46. The molecule has 0 radical (unpaired) electrons. The summed E-state index contributed by atoms with van der Waals surface area (Å²) in [6.45, 7) is 4.88. The highest BCUT2D eigenvalue weighted by atomic mass is 16.5. The molecule has 0 aliphatic rings. The second-order valence-electron chi connectivity index (χ2n) is 3.58. The van der Waals surface area contributed by atoms with Gasteiger partial charge in [-0.15, -0.1) is 0 Å². The van der Waals surface area contributed by atoms with Crippen molar-refractivity contribution in [2.24, 2.45) is 5.73 Å². The van der Waals surface area contributed by atoms with Gasteiger partial charge in [-0.2, -0.15) is 0 Å². The average Bonchev–Trinajstić information content (AvgIpc) is 2.22. The summed E-state index contributed by atoms with van der Waals surface area (Å²) >= 11 is 0.